The lowest BCUT2D eigenvalue weighted by molar-refractivity contribution is -0.0305. The van der Waals surface area contributed by atoms with Crippen LogP contribution < -0.4 is 0 Å². The molecule has 0 aliphatic heterocycles. The lowest BCUT2D eigenvalue weighted by Gasteiger charge is -2.01. The van der Waals surface area contributed by atoms with E-state index in [-0.39, 0.29) is 0 Å². The van der Waals surface area contributed by atoms with Crippen molar-refractivity contribution in [3.8, 4) is 0 Å². The molecule has 4 nitrogen and oxygen atoms in total. The average molecular weight is 140 g/mol. The summed E-state index contributed by atoms with van der Waals surface area (Å²) in [5.41, 5.74) is 0. The summed E-state index contributed by atoms with van der Waals surface area (Å²) in [6, 6.07) is 0. The van der Waals surface area contributed by atoms with Gasteiger partial charge in [0.15, 0.2) is 6.29 Å². The molecule has 0 N–H and O–H groups in total. The molecule has 0 heterocycles. The van der Waals surface area contributed by atoms with Crippen molar-refractivity contribution in [3.63, 3.8) is 0 Å². The maximum atomic E-state index is 9.70. The molecule has 0 saturated heterocycles. The van der Waals surface area contributed by atoms with Gasteiger partial charge in [0.2, 0.25) is 0 Å². The molecule has 50 valence electrons. The lowest BCUT2D eigenvalue weighted by atomic mass is 10.8. The first kappa shape index (κ1) is 7.87. The van der Waals surface area contributed by atoms with Crippen LogP contribution in [0.3, 0.4) is 0 Å². The van der Waals surface area contributed by atoms with E-state index in [9.17, 15) is 8.42 Å². The van der Waals surface area contributed by atoms with E-state index in [2.05, 4.69) is 8.92 Å². The van der Waals surface area contributed by atoms with Gasteiger partial charge >= 0.3 is 0 Å². The molecule has 5 heteroatoms. The zero-order chi connectivity index (χ0) is 6.57. The van der Waals surface area contributed by atoms with Gasteiger partial charge in [-0.25, -0.2) is 12.6 Å². The standard InChI is InChI=1S/C3H8O4S/c1-3(6-2)7-8(4)5/h3,8H,1-2H3. The van der Waals surface area contributed by atoms with Crippen LogP contribution in [0.15, 0.2) is 0 Å². The zero-order valence-electron chi connectivity index (χ0n) is 4.66. The van der Waals surface area contributed by atoms with Gasteiger partial charge in [-0.05, 0) is 6.92 Å². The summed E-state index contributed by atoms with van der Waals surface area (Å²) in [7, 11) is -1.41. The van der Waals surface area contributed by atoms with Crippen molar-refractivity contribution in [2.75, 3.05) is 7.11 Å². The number of rotatable bonds is 3. The molecule has 0 saturated carbocycles. The van der Waals surface area contributed by atoms with Crippen LogP contribution in [0.5, 0.6) is 0 Å². The van der Waals surface area contributed by atoms with E-state index < -0.39 is 17.3 Å². The Kier molecular flexibility index (Phi) is 3.76. The third-order valence-electron chi connectivity index (χ3n) is 0.566. The molecular formula is C3H8O4S. The van der Waals surface area contributed by atoms with Crippen molar-refractivity contribution < 1.29 is 17.3 Å². The van der Waals surface area contributed by atoms with Gasteiger partial charge in [0.1, 0.15) is 0 Å². The molecule has 0 amide bonds. The molecule has 0 fully saturated rings. The summed E-state index contributed by atoms with van der Waals surface area (Å²) in [5.74, 6) is 0. The molecule has 0 aromatic heterocycles. The molecule has 0 aliphatic carbocycles. The molecule has 0 aromatic rings. The molecule has 0 aliphatic rings. The Labute approximate surface area is 49.6 Å². The summed E-state index contributed by atoms with van der Waals surface area (Å²) < 4.78 is 28.0. The number of methoxy groups -OCH3 is 1. The van der Waals surface area contributed by atoms with Gasteiger partial charge in [0, 0.05) is 7.11 Å². The van der Waals surface area contributed by atoms with Crippen molar-refractivity contribution in [3.05, 3.63) is 0 Å². The Hall–Kier alpha value is -0.130. The minimum absolute atomic E-state index is 0.670. The molecule has 0 radical (unpaired) electrons. The van der Waals surface area contributed by atoms with Crippen LogP contribution in [0.2, 0.25) is 0 Å². The molecular weight excluding hydrogens is 132 g/mol. The SMILES string of the molecule is COC(C)O[SH](=O)=O. The van der Waals surface area contributed by atoms with Crippen LogP contribution in [0.1, 0.15) is 6.92 Å². The molecule has 0 spiro atoms. The van der Waals surface area contributed by atoms with Gasteiger partial charge in [0.25, 0.3) is 11.0 Å². The van der Waals surface area contributed by atoms with E-state index in [0.717, 1.165) is 0 Å². The van der Waals surface area contributed by atoms with Crippen LogP contribution in [0.4, 0.5) is 0 Å². The van der Waals surface area contributed by atoms with Crippen molar-refractivity contribution in [1.82, 2.24) is 0 Å². The van der Waals surface area contributed by atoms with Gasteiger partial charge in [0.05, 0.1) is 0 Å². The summed E-state index contributed by atoms with van der Waals surface area (Å²) in [6.45, 7) is 1.49. The van der Waals surface area contributed by atoms with Crippen molar-refractivity contribution in [1.29, 1.82) is 0 Å². The number of hydrogen-bond donors (Lipinski definition) is 1. The minimum Gasteiger partial charge on any atom is -0.355 e. The Morgan fingerprint density at radius 3 is 2.12 bits per heavy atom. The Bertz CT molecular complexity index is 110. The maximum Gasteiger partial charge on any atom is 0.259 e. The van der Waals surface area contributed by atoms with Crippen LogP contribution >= 0.6 is 0 Å². The van der Waals surface area contributed by atoms with Gasteiger partial charge in [-0.15, -0.1) is 0 Å². The highest BCUT2D eigenvalue weighted by atomic mass is 32.2. The van der Waals surface area contributed by atoms with Crippen LogP contribution in [0.25, 0.3) is 0 Å². The third kappa shape index (κ3) is 4.04. The molecule has 1 atom stereocenters. The molecule has 0 aromatic carbocycles. The summed E-state index contributed by atoms with van der Waals surface area (Å²) in [6.07, 6.45) is -0.670. The van der Waals surface area contributed by atoms with E-state index in [1.165, 1.54) is 14.0 Å². The normalized spacial score (nSPS) is 14.4. The predicted octanol–water partition coefficient (Wildman–Crippen LogP) is -0.478. The Balaban J connectivity index is 3.39. The summed E-state index contributed by atoms with van der Waals surface area (Å²) >= 11 is 0. The highest BCUT2D eigenvalue weighted by Gasteiger charge is 1.96. The lowest BCUT2D eigenvalue weighted by Crippen LogP contribution is -2.08. The highest BCUT2D eigenvalue weighted by Crippen LogP contribution is 1.87. The first-order valence-corrected chi connectivity index (χ1v) is 3.10. The van der Waals surface area contributed by atoms with Gasteiger partial charge in [-0.2, -0.15) is 0 Å². The van der Waals surface area contributed by atoms with E-state index in [0.29, 0.717) is 0 Å². The molecule has 0 bridgehead atoms. The predicted molar refractivity (Wildman–Crippen MR) is 27.9 cm³/mol. The van der Waals surface area contributed by atoms with Gasteiger partial charge in [-0.3, -0.25) is 0 Å². The average Bonchev–Trinajstić information content (AvgIpc) is 1.65. The highest BCUT2D eigenvalue weighted by molar-refractivity contribution is 7.67. The number of thiol groups is 1. The Morgan fingerprint density at radius 1 is 1.50 bits per heavy atom. The summed E-state index contributed by atoms with van der Waals surface area (Å²) in [4.78, 5) is 0. The summed E-state index contributed by atoms with van der Waals surface area (Å²) in [5, 5.41) is 0. The smallest absolute Gasteiger partial charge is 0.259 e. The molecule has 8 heavy (non-hydrogen) atoms. The van der Waals surface area contributed by atoms with Crippen molar-refractivity contribution in [2.24, 2.45) is 0 Å². The van der Waals surface area contributed by atoms with Crippen LogP contribution in [0, 0.1) is 0 Å². The maximum absolute atomic E-state index is 9.70. The topological polar surface area (TPSA) is 52.6 Å². The first-order valence-electron chi connectivity index (χ1n) is 2.00. The van der Waals surface area contributed by atoms with Crippen LogP contribution in [-0.4, -0.2) is 21.8 Å². The molecule has 0 rings (SSSR count). The second-order valence-electron chi connectivity index (χ2n) is 1.13. The number of ether oxygens (including phenoxy) is 1. The second-order valence-corrected chi connectivity index (χ2v) is 1.79. The van der Waals surface area contributed by atoms with Crippen molar-refractivity contribution in [2.45, 2.75) is 13.2 Å². The van der Waals surface area contributed by atoms with Gasteiger partial charge in [-0.1, -0.05) is 0 Å². The van der Waals surface area contributed by atoms with Crippen LogP contribution in [-0.2, 0) is 19.9 Å². The Morgan fingerprint density at radius 2 is 2.00 bits per heavy atom. The first-order chi connectivity index (χ1) is 3.66. The fourth-order valence-corrected chi connectivity index (χ4v) is 0.493. The largest absolute Gasteiger partial charge is 0.355 e. The second kappa shape index (κ2) is 3.82. The fraction of sp³-hybridized carbons (Fsp3) is 1.00. The fourth-order valence-electron chi connectivity index (χ4n) is 0.164. The minimum atomic E-state index is -2.77. The van der Waals surface area contributed by atoms with E-state index in [4.69, 9.17) is 0 Å². The van der Waals surface area contributed by atoms with E-state index >= 15 is 0 Å². The van der Waals surface area contributed by atoms with E-state index in [1.54, 1.807) is 0 Å². The number of hydrogen-bond acceptors (Lipinski definition) is 4. The zero-order valence-corrected chi connectivity index (χ0v) is 5.55. The third-order valence-corrected chi connectivity index (χ3v) is 1.04. The molecule has 1 unspecified atom stereocenters. The quantitative estimate of drug-likeness (QED) is 0.425. The van der Waals surface area contributed by atoms with Crippen molar-refractivity contribution >= 4 is 11.0 Å². The van der Waals surface area contributed by atoms with E-state index in [1.807, 2.05) is 0 Å². The van der Waals surface area contributed by atoms with Gasteiger partial charge < -0.3 is 4.74 Å². The monoisotopic (exact) mass is 140 g/mol.